The summed E-state index contributed by atoms with van der Waals surface area (Å²) in [7, 11) is -3.53. The standard InChI is InChI=1S/C17H29N3O3S.ClH/c1-5-11-20(12-6-2)24(22,23)15-9-7-14(8-10-15)16(21)19-17(3,4)13-18;/h7-10H,5-6,11-13,18H2,1-4H3,(H,19,21);1H. The number of nitrogens with two attached hydrogens (primary N) is 1. The number of amides is 1. The summed E-state index contributed by atoms with van der Waals surface area (Å²) < 4.78 is 26.8. The number of nitrogens with zero attached hydrogens (tertiary/aromatic N) is 1. The zero-order chi connectivity index (χ0) is 18.4. The van der Waals surface area contributed by atoms with Gasteiger partial charge in [0.2, 0.25) is 10.0 Å². The van der Waals surface area contributed by atoms with Gasteiger partial charge in [-0.05, 0) is 51.0 Å². The fourth-order valence-electron chi connectivity index (χ4n) is 2.21. The van der Waals surface area contributed by atoms with Crippen molar-refractivity contribution in [2.45, 2.75) is 51.0 Å². The Morgan fingerprint density at radius 2 is 1.60 bits per heavy atom. The molecule has 1 amide bonds. The van der Waals surface area contributed by atoms with Gasteiger partial charge >= 0.3 is 0 Å². The normalized spacial score (nSPS) is 11.9. The summed E-state index contributed by atoms with van der Waals surface area (Å²) in [5.41, 5.74) is 5.50. The zero-order valence-corrected chi connectivity index (χ0v) is 17.0. The minimum Gasteiger partial charge on any atom is -0.346 e. The molecule has 0 aliphatic carbocycles. The molecule has 0 radical (unpaired) electrons. The fourth-order valence-corrected chi connectivity index (χ4v) is 3.83. The summed E-state index contributed by atoms with van der Waals surface area (Å²) in [6.07, 6.45) is 1.52. The van der Waals surface area contributed by atoms with E-state index < -0.39 is 15.6 Å². The Labute approximate surface area is 157 Å². The molecule has 0 saturated carbocycles. The number of sulfonamides is 1. The molecule has 1 rings (SSSR count). The van der Waals surface area contributed by atoms with E-state index in [1.165, 1.54) is 28.6 Å². The first-order valence-corrected chi connectivity index (χ1v) is 9.74. The van der Waals surface area contributed by atoms with Gasteiger partial charge in [-0.25, -0.2) is 8.42 Å². The number of hydrogen-bond donors (Lipinski definition) is 2. The van der Waals surface area contributed by atoms with Crippen molar-refractivity contribution in [2.75, 3.05) is 19.6 Å². The Balaban J connectivity index is 0.00000576. The Kier molecular flexibility index (Phi) is 9.64. The van der Waals surface area contributed by atoms with Crippen LogP contribution in [0.15, 0.2) is 29.2 Å². The lowest BCUT2D eigenvalue weighted by Crippen LogP contribution is -2.48. The number of nitrogens with one attached hydrogen (secondary N) is 1. The van der Waals surface area contributed by atoms with E-state index in [2.05, 4.69) is 5.32 Å². The van der Waals surface area contributed by atoms with Crippen molar-refractivity contribution < 1.29 is 13.2 Å². The first-order valence-electron chi connectivity index (χ1n) is 8.30. The molecule has 0 spiro atoms. The summed E-state index contributed by atoms with van der Waals surface area (Å²) in [5, 5.41) is 2.82. The topological polar surface area (TPSA) is 92.5 Å². The molecule has 144 valence electrons. The van der Waals surface area contributed by atoms with Crippen LogP contribution in [0.3, 0.4) is 0 Å². The van der Waals surface area contributed by atoms with Crippen LogP contribution < -0.4 is 11.1 Å². The number of carbonyl (C=O) groups excluding carboxylic acids is 1. The molecule has 0 heterocycles. The third-order valence-electron chi connectivity index (χ3n) is 3.66. The second-order valence-electron chi connectivity index (χ2n) is 6.47. The van der Waals surface area contributed by atoms with Crippen LogP contribution in [0.1, 0.15) is 50.9 Å². The zero-order valence-electron chi connectivity index (χ0n) is 15.4. The molecular formula is C17H30ClN3O3S. The Hall–Kier alpha value is -1.15. The average Bonchev–Trinajstić information content (AvgIpc) is 2.54. The smallest absolute Gasteiger partial charge is 0.251 e. The lowest BCUT2D eigenvalue weighted by Gasteiger charge is -2.24. The molecule has 6 nitrogen and oxygen atoms in total. The summed E-state index contributed by atoms with van der Waals surface area (Å²) >= 11 is 0. The van der Waals surface area contributed by atoms with Crippen LogP contribution in [0.5, 0.6) is 0 Å². The number of benzene rings is 1. The van der Waals surface area contributed by atoms with Gasteiger partial charge in [0.15, 0.2) is 0 Å². The molecule has 1 aromatic carbocycles. The van der Waals surface area contributed by atoms with Gasteiger partial charge in [0, 0.05) is 30.7 Å². The number of halogens is 1. The molecule has 0 bridgehead atoms. The molecule has 0 fully saturated rings. The van der Waals surface area contributed by atoms with E-state index in [1.54, 1.807) is 0 Å². The maximum absolute atomic E-state index is 12.7. The number of rotatable bonds is 9. The van der Waals surface area contributed by atoms with E-state index in [4.69, 9.17) is 5.73 Å². The lowest BCUT2D eigenvalue weighted by atomic mass is 10.1. The minimum absolute atomic E-state index is 0. The second-order valence-corrected chi connectivity index (χ2v) is 8.41. The highest BCUT2D eigenvalue weighted by Crippen LogP contribution is 2.17. The fraction of sp³-hybridized carbons (Fsp3) is 0.588. The van der Waals surface area contributed by atoms with Crippen molar-refractivity contribution in [1.82, 2.24) is 9.62 Å². The van der Waals surface area contributed by atoms with E-state index in [1.807, 2.05) is 27.7 Å². The average molecular weight is 392 g/mol. The van der Waals surface area contributed by atoms with E-state index in [0.29, 0.717) is 25.2 Å². The van der Waals surface area contributed by atoms with Gasteiger partial charge in [0.25, 0.3) is 5.91 Å². The molecule has 0 saturated heterocycles. The summed E-state index contributed by atoms with van der Waals surface area (Å²) in [5.74, 6) is -0.270. The van der Waals surface area contributed by atoms with Crippen LogP contribution in [0, 0.1) is 0 Å². The third-order valence-corrected chi connectivity index (χ3v) is 5.58. The second kappa shape index (κ2) is 10.1. The van der Waals surface area contributed by atoms with Crippen LogP contribution in [-0.2, 0) is 10.0 Å². The summed E-state index contributed by atoms with van der Waals surface area (Å²) in [6.45, 7) is 8.85. The molecule has 8 heteroatoms. The molecular weight excluding hydrogens is 362 g/mol. The van der Waals surface area contributed by atoms with Gasteiger partial charge in [-0.1, -0.05) is 13.8 Å². The third kappa shape index (κ3) is 6.58. The van der Waals surface area contributed by atoms with Crippen molar-refractivity contribution in [3.63, 3.8) is 0 Å². The molecule has 0 unspecified atom stereocenters. The molecule has 0 aromatic heterocycles. The van der Waals surface area contributed by atoms with Gasteiger partial charge in [-0.15, -0.1) is 12.4 Å². The van der Waals surface area contributed by atoms with Gasteiger partial charge < -0.3 is 11.1 Å². The molecule has 1 aromatic rings. The maximum atomic E-state index is 12.7. The lowest BCUT2D eigenvalue weighted by molar-refractivity contribution is 0.0915. The highest BCUT2D eigenvalue weighted by molar-refractivity contribution is 7.89. The number of carbonyl (C=O) groups is 1. The first kappa shape index (κ1) is 23.9. The van der Waals surface area contributed by atoms with E-state index in [-0.39, 0.29) is 23.2 Å². The van der Waals surface area contributed by atoms with Crippen LogP contribution in [0.4, 0.5) is 0 Å². The van der Waals surface area contributed by atoms with Crippen LogP contribution in [0.2, 0.25) is 0 Å². The van der Waals surface area contributed by atoms with Gasteiger partial charge in [-0.3, -0.25) is 4.79 Å². The predicted molar refractivity (Wildman–Crippen MR) is 104 cm³/mol. The van der Waals surface area contributed by atoms with Crippen molar-refractivity contribution in [2.24, 2.45) is 5.73 Å². The maximum Gasteiger partial charge on any atom is 0.251 e. The van der Waals surface area contributed by atoms with E-state index in [0.717, 1.165) is 12.8 Å². The Bertz CT molecular complexity index is 640. The monoisotopic (exact) mass is 391 g/mol. The van der Waals surface area contributed by atoms with E-state index in [9.17, 15) is 13.2 Å². The van der Waals surface area contributed by atoms with Crippen molar-refractivity contribution in [3.05, 3.63) is 29.8 Å². The molecule has 0 aliphatic heterocycles. The molecule has 25 heavy (non-hydrogen) atoms. The van der Waals surface area contributed by atoms with Crippen molar-refractivity contribution >= 4 is 28.3 Å². The van der Waals surface area contributed by atoms with Gasteiger partial charge in [-0.2, -0.15) is 4.31 Å². The van der Waals surface area contributed by atoms with Gasteiger partial charge in [0.05, 0.1) is 4.90 Å². The minimum atomic E-state index is -3.53. The SMILES string of the molecule is CCCN(CCC)S(=O)(=O)c1ccc(C(=O)NC(C)(C)CN)cc1.Cl. The Morgan fingerprint density at radius 3 is 2.00 bits per heavy atom. The van der Waals surface area contributed by atoms with Crippen LogP contribution in [0.25, 0.3) is 0 Å². The largest absolute Gasteiger partial charge is 0.346 e. The quantitative estimate of drug-likeness (QED) is 0.675. The van der Waals surface area contributed by atoms with Crippen molar-refractivity contribution in [3.8, 4) is 0 Å². The first-order chi connectivity index (χ1) is 11.2. The van der Waals surface area contributed by atoms with Crippen LogP contribution in [-0.4, -0.2) is 43.8 Å². The van der Waals surface area contributed by atoms with Gasteiger partial charge in [0.1, 0.15) is 0 Å². The summed E-state index contributed by atoms with van der Waals surface area (Å²) in [6, 6.07) is 6.03. The van der Waals surface area contributed by atoms with E-state index >= 15 is 0 Å². The Morgan fingerprint density at radius 1 is 1.12 bits per heavy atom. The highest BCUT2D eigenvalue weighted by atomic mass is 35.5. The van der Waals surface area contributed by atoms with Crippen LogP contribution >= 0.6 is 12.4 Å². The summed E-state index contributed by atoms with van der Waals surface area (Å²) in [4.78, 5) is 12.4. The molecule has 0 atom stereocenters. The molecule has 0 aliphatic rings. The highest BCUT2D eigenvalue weighted by Gasteiger charge is 2.24. The molecule has 3 N–H and O–H groups in total. The van der Waals surface area contributed by atoms with Crippen molar-refractivity contribution in [1.29, 1.82) is 0 Å². The predicted octanol–water partition coefficient (Wildman–Crippen LogP) is 2.39. The number of hydrogen-bond acceptors (Lipinski definition) is 4.